The van der Waals surface area contributed by atoms with Crippen molar-refractivity contribution in [3.05, 3.63) is 41.0 Å². The van der Waals surface area contributed by atoms with Crippen LogP contribution < -0.4 is 16.0 Å². The molecule has 4 N–H and O–H groups in total. The van der Waals surface area contributed by atoms with Crippen LogP contribution in [0.1, 0.15) is 92.5 Å². The van der Waals surface area contributed by atoms with Crippen LogP contribution in [0.4, 0.5) is 4.79 Å². The minimum Gasteiger partial charge on any atom is -0.444 e. The molecule has 14 nitrogen and oxygen atoms in total. The molecule has 1 aromatic carbocycles. The summed E-state index contributed by atoms with van der Waals surface area (Å²) in [6.07, 6.45) is 0.755. The molecule has 1 aliphatic rings. The molecule has 1 saturated heterocycles. The highest BCUT2D eigenvalue weighted by molar-refractivity contribution is 7.13. The Labute approximate surface area is 326 Å². The highest BCUT2D eigenvalue weighted by Gasteiger charge is 2.42. The number of hydrogen-bond donors (Lipinski definition) is 4. The van der Waals surface area contributed by atoms with Crippen LogP contribution in [0.2, 0.25) is 0 Å². The van der Waals surface area contributed by atoms with E-state index < -0.39 is 35.1 Å². The Kier molecular flexibility index (Phi) is 22.1. The van der Waals surface area contributed by atoms with E-state index in [1.807, 2.05) is 78.2 Å². The second-order valence-corrected chi connectivity index (χ2v) is 15.2. The van der Waals surface area contributed by atoms with Crippen molar-refractivity contribution in [2.75, 3.05) is 59.8 Å². The number of amides is 4. The standard InChI is InChI=1S/C36H55N5O8S.C2H6.CH4O/c1-24(26-11-13-27(14-12-26)30-25(2)38-23-50-30)39-32(43)28-10-9-16-41(28)33(44)31(35(3,4)5)40-29(42)22-48-21-20-47-19-18-46-17-15-37-34(45)49-36(6,7)8;2*1-2/h11-14,23-24,28,31H,9-10,15-22H2,1-8H3,(H,37,45)(H,39,43)(H,40,42);1-2H3;2H,1H3/t24-,28?,31?;;/m0../s1. The zero-order chi connectivity index (χ0) is 40.9. The number of carbonyl (C=O) groups excluding carboxylic acids is 4. The number of aliphatic hydroxyl groups is 1. The highest BCUT2D eigenvalue weighted by atomic mass is 32.1. The second kappa shape index (κ2) is 24.7. The van der Waals surface area contributed by atoms with Crippen LogP contribution in [0.25, 0.3) is 10.4 Å². The van der Waals surface area contributed by atoms with Crippen LogP contribution in [0, 0.1) is 12.3 Å². The molecule has 306 valence electrons. The van der Waals surface area contributed by atoms with Gasteiger partial charge in [-0.05, 0) is 64.0 Å². The third-order valence-electron chi connectivity index (χ3n) is 7.93. The number of alkyl carbamates (subject to hydrolysis) is 1. The van der Waals surface area contributed by atoms with Gasteiger partial charge in [-0.1, -0.05) is 58.9 Å². The monoisotopic (exact) mass is 779 g/mol. The Hall–Kier alpha value is -3.63. The number of nitrogens with one attached hydrogen (secondary N) is 3. The zero-order valence-corrected chi connectivity index (χ0v) is 35.0. The number of likely N-dealkylation sites (tertiary alicyclic amines) is 1. The summed E-state index contributed by atoms with van der Waals surface area (Å²) in [5, 5.41) is 15.5. The number of aliphatic hydroxyl groups excluding tert-OH is 1. The van der Waals surface area contributed by atoms with Gasteiger partial charge in [0.05, 0.1) is 55.2 Å². The van der Waals surface area contributed by atoms with E-state index in [0.717, 1.165) is 28.8 Å². The molecule has 2 unspecified atom stereocenters. The van der Waals surface area contributed by atoms with Crippen molar-refractivity contribution in [3.8, 4) is 10.4 Å². The predicted octanol–water partition coefficient (Wildman–Crippen LogP) is 5.03. The Morgan fingerprint density at radius 2 is 1.52 bits per heavy atom. The summed E-state index contributed by atoms with van der Waals surface area (Å²) in [6, 6.07) is 6.35. The van der Waals surface area contributed by atoms with E-state index in [2.05, 4.69) is 20.9 Å². The minimum absolute atomic E-state index is 0.182. The maximum absolute atomic E-state index is 13.8. The molecule has 0 saturated carbocycles. The van der Waals surface area contributed by atoms with Crippen molar-refractivity contribution in [1.82, 2.24) is 25.8 Å². The van der Waals surface area contributed by atoms with Crippen molar-refractivity contribution in [2.45, 2.75) is 106 Å². The zero-order valence-electron chi connectivity index (χ0n) is 34.2. The first-order valence-electron chi connectivity index (χ1n) is 18.6. The molecular formula is C39H65N5O9S. The first kappa shape index (κ1) is 48.4. The van der Waals surface area contributed by atoms with Gasteiger partial charge in [-0.2, -0.15) is 0 Å². The SMILES string of the molecule is CC.CO.Cc1ncsc1-c1ccc([C@H](C)NC(=O)C2CCCN2C(=O)C(NC(=O)COCCOCCOCCNC(=O)OC(C)(C)C)C(C)(C)C)cc1. The molecule has 2 heterocycles. The molecule has 3 atom stereocenters. The van der Waals surface area contributed by atoms with Gasteiger partial charge in [-0.3, -0.25) is 14.4 Å². The number of carbonyl (C=O) groups is 4. The molecular weight excluding hydrogens is 715 g/mol. The third kappa shape index (κ3) is 17.2. The van der Waals surface area contributed by atoms with Crippen molar-refractivity contribution in [2.24, 2.45) is 5.41 Å². The lowest BCUT2D eigenvalue weighted by atomic mass is 9.85. The maximum atomic E-state index is 13.8. The largest absolute Gasteiger partial charge is 0.444 e. The van der Waals surface area contributed by atoms with E-state index in [4.69, 9.17) is 24.1 Å². The van der Waals surface area contributed by atoms with Crippen LogP contribution in [0.3, 0.4) is 0 Å². The van der Waals surface area contributed by atoms with Gasteiger partial charge in [0.15, 0.2) is 0 Å². The van der Waals surface area contributed by atoms with Crippen LogP contribution in [-0.2, 0) is 33.3 Å². The van der Waals surface area contributed by atoms with Gasteiger partial charge in [0.1, 0.15) is 24.3 Å². The molecule has 0 radical (unpaired) electrons. The van der Waals surface area contributed by atoms with Gasteiger partial charge in [-0.15, -0.1) is 11.3 Å². The normalized spacial score (nSPS) is 15.1. The Bertz CT molecular complexity index is 1410. The van der Waals surface area contributed by atoms with Gasteiger partial charge in [0.25, 0.3) is 0 Å². The summed E-state index contributed by atoms with van der Waals surface area (Å²) in [6.45, 7) is 20.9. The Morgan fingerprint density at radius 3 is 2.07 bits per heavy atom. The van der Waals surface area contributed by atoms with Crippen LogP contribution >= 0.6 is 11.3 Å². The number of ether oxygens (including phenoxy) is 4. The fourth-order valence-corrected chi connectivity index (χ4v) is 6.17. The number of benzene rings is 1. The smallest absolute Gasteiger partial charge is 0.407 e. The van der Waals surface area contributed by atoms with E-state index in [9.17, 15) is 19.2 Å². The van der Waals surface area contributed by atoms with Crippen molar-refractivity contribution >= 4 is 35.2 Å². The molecule has 4 amide bonds. The van der Waals surface area contributed by atoms with Gasteiger partial charge >= 0.3 is 6.09 Å². The molecule has 0 bridgehead atoms. The summed E-state index contributed by atoms with van der Waals surface area (Å²) in [5.74, 6) is -0.925. The molecule has 15 heteroatoms. The highest BCUT2D eigenvalue weighted by Crippen LogP contribution is 2.29. The fraction of sp³-hybridized carbons (Fsp3) is 0.667. The lowest BCUT2D eigenvalue weighted by Gasteiger charge is -2.35. The lowest BCUT2D eigenvalue weighted by Crippen LogP contribution is -2.58. The summed E-state index contributed by atoms with van der Waals surface area (Å²) in [4.78, 5) is 58.8. The number of rotatable bonds is 17. The van der Waals surface area contributed by atoms with E-state index in [1.165, 1.54) is 0 Å². The summed E-state index contributed by atoms with van der Waals surface area (Å²) < 4.78 is 21.5. The Balaban J connectivity index is 0.00000352. The van der Waals surface area contributed by atoms with Crippen molar-refractivity contribution in [1.29, 1.82) is 0 Å². The third-order valence-corrected chi connectivity index (χ3v) is 8.90. The average Bonchev–Trinajstić information content (AvgIpc) is 3.79. The molecule has 1 aliphatic heterocycles. The minimum atomic E-state index is -0.842. The number of hydrogen-bond acceptors (Lipinski definition) is 11. The van der Waals surface area contributed by atoms with E-state index in [0.29, 0.717) is 45.8 Å². The van der Waals surface area contributed by atoms with Crippen LogP contribution in [0.5, 0.6) is 0 Å². The van der Waals surface area contributed by atoms with Crippen LogP contribution in [-0.4, -0.2) is 116 Å². The number of aryl methyl sites for hydroxylation is 1. The van der Waals surface area contributed by atoms with Gasteiger partial charge in [0.2, 0.25) is 17.7 Å². The Morgan fingerprint density at radius 1 is 0.926 bits per heavy atom. The molecule has 2 aromatic rings. The van der Waals surface area contributed by atoms with Gasteiger partial charge in [0, 0.05) is 20.2 Å². The number of aromatic nitrogens is 1. The van der Waals surface area contributed by atoms with E-state index in [-0.39, 0.29) is 37.7 Å². The first-order chi connectivity index (χ1) is 25.6. The molecule has 1 aromatic heterocycles. The van der Waals surface area contributed by atoms with Gasteiger partial charge < -0.3 is 44.9 Å². The van der Waals surface area contributed by atoms with Crippen molar-refractivity contribution < 1.29 is 43.2 Å². The fourth-order valence-electron chi connectivity index (χ4n) is 5.36. The molecule has 0 aliphatic carbocycles. The summed E-state index contributed by atoms with van der Waals surface area (Å²) in [5.41, 5.74) is 3.70. The predicted molar refractivity (Wildman–Crippen MR) is 211 cm³/mol. The first-order valence-corrected chi connectivity index (χ1v) is 19.5. The van der Waals surface area contributed by atoms with Gasteiger partial charge in [-0.25, -0.2) is 9.78 Å². The molecule has 54 heavy (non-hydrogen) atoms. The number of thiazole rings is 1. The van der Waals surface area contributed by atoms with E-state index >= 15 is 0 Å². The molecule has 0 spiro atoms. The second-order valence-electron chi connectivity index (χ2n) is 14.4. The van der Waals surface area contributed by atoms with Crippen molar-refractivity contribution in [3.63, 3.8) is 0 Å². The quantitative estimate of drug-likeness (QED) is 0.159. The number of nitrogens with zero attached hydrogens (tertiary/aromatic N) is 2. The average molecular weight is 780 g/mol. The molecule has 3 rings (SSSR count). The summed E-state index contributed by atoms with van der Waals surface area (Å²) >= 11 is 1.59. The maximum Gasteiger partial charge on any atom is 0.407 e. The lowest BCUT2D eigenvalue weighted by molar-refractivity contribution is -0.144. The summed E-state index contributed by atoms with van der Waals surface area (Å²) in [7, 11) is 1.00. The van der Waals surface area contributed by atoms with Crippen LogP contribution in [0.15, 0.2) is 29.8 Å². The topological polar surface area (TPSA) is 178 Å². The molecule has 1 fully saturated rings. The van der Waals surface area contributed by atoms with E-state index in [1.54, 1.807) is 37.0 Å².